The minimum atomic E-state index is -1.08. The largest absolute Gasteiger partial charge is 0.489 e. The molecule has 0 saturated carbocycles. The van der Waals surface area contributed by atoms with Gasteiger partial charge in [-0.15, -0.1) is 0 Å². The van der Waals surface area contributed by atoms with Gasteiger partial charge in [-0.1, -0.05) is 30.7 Å². The number of amides is 3. The molecule has 0 aliphatic carbocycles. The summed E-state index contributed by atoms with van der Waals surface area (Å²) < 4.78 is 5.60. The van der Waals surface area contributed by atoms with Crippen LogP contribution in [0.2, 0.25) is 5.02 Å². The van der Waals surface area contributed by atoms with Gasteiger partial charge in [-0.3, -0.25) is 19.4 Å². The summed E-state index contributed by atoms with van der Waals surface area (Å²) in [5.41, 5.74) is 0.814. The number of aliphatic carboxylic acids is 1. The summed E-state index contributed by atoms with van der Waals surface area (Å²) in [5, 5.41) is 12.9. The fourth-order valence-corrected chi connectivity index (χ4v) is 3.51. The van der Waals surface area contributed by atoms with Crippen molar-refractivity contribution >= 4 is 35.3 Å². The summed E-state index contributed by atoms with van der Waals surface area (Å²) in [6.45, 7) is 5.29. The van der Waals surface area contributed by atoms with Gasteiger partial charge in [0.1, 0.15) is 17.7 Å². The lowest BCUT2D eigenvalue weighted by atomic mass is 10.1. The van der Waals surface area contributed by atoms with Crippen LogP contribution in [0.5, 0.6) is 5.75 Å². The lowest BCUT2D eigenvalue weighted by Crippen LogP contribution is -2.59. The van der Waals surface area contributed by atoms with Crippen molar-refractivity contribution in [3.63, 3.8) is 0 Å². The van der Waals surface area contributed by atoms with Crippen LogP contribution >= 0.6 is 11.6 Å². The second-order valence-corrected chi connectivity index (χ2v) is 8.63. The number of rotatable bonds is 9. The number of ether oxygens (including phenoxy) is 1. The van der Waals surface area contributed by atoms with E-state index in [-0.39, 0.29) is 25.6 Å². The second-order valence-electron chi connectivity index (χ2n) is 8.19. The van der Waals surface area contributed by atoms with Gasteiger partial charge < -0.3 is 15.2 Å². The molecule has 2 atom stereocenters. The number of anilines is 1. The van der Waals surface area contributed by atoms with Crippen LogP contribution in [0.1, 0.15) is 32.8 Å². The molecular weight excluding hydrogens is 448 g/mol. The monoisotopic (exact) mass is 474 g/mol. The first-order valence-electron chi connectivity index (χ1n) is 10.6. The first-order valence-corrected chi connectivity index (χ1v) is 11.0. The Morgan fingerprint density at radius 3 is 2.48 bits per heavy atom. The van der Waals surface area contributed by atoms with Gasteiger partial charge in [0.15, 0.2) is 0 Å². The first-order chi connectivity index (χ1) is 15.6. The Bertz CT molecular complexity index is 997. The van der Waals surface area contributed by atoms with Crippen molar-refractivity contribution in [2.75, 3.05) is 11.9 Å². The predicted molar refractivity (Wildman–Crippen MR) is 123 cm³/mol. The fraction of sp³-hybridized carbons (Fsp3) is 0.391. The zero-order valence-electron chi connectivity index (χ0n) is 18.7. The zero-order valence-corrected chi connectivity index (χ0v) is 19.5. The SMILES string of the molecule is CC(C)Oc1ccc(NC2CC(=O)N(C[C@H](C)C(=O)O)C(=O)N2Cc2ccc(Cl)cc2)nc1. The number of pyridine rings is 1. The third-order valence-corrected chi connectivity index (χ3v) is 5.34. The van der Waals surface area contributed by atoms with Crippen LogP contribution in [0.4, 0.5) is 10.6 Å². The van der Waals surface area contributed by atoms with Gasteiger partial charge in [-0.05, 0) is 43.7 Å². The van der Waals surface area contributed by atoms with E-state index in [1.54, 1.807) is 42.6 Å². The lowest BCUT2D eigenvalue weighted by molar-refractivity contribution is -0.142. The molecule has 1 aromatic heterocycles. The molecule has 1 saturated heterocycles. The molecule has 0 spiro atoms. The minimum absolute atomic E-state index is 0.00763. The molecule has 0 bridgehead atoms. The molecule has 1 unspecified atom stereocenters. The number of nitrogens with zero attached hydrogens (tertiary/aromatic N) is 3. The molecule has 1 aliphatic heterocycles. The number of nitrogens with one attached hydrogen (secondary N) is 1. The quantitative estimate of drug-likeness (QED) is 0.567. The van der Waals surface area contributed by atoms with E-state index in [0.29, 0.717) is 16.6 Å². The molecule has 176 valence electrons. The Kier molecular flexibility index (Phi) is 7.75. The highest BCUT2D eigenvalue weighted by Crippen LogP contribution is 2.24. The number of hydrogen-bond donors (Lipinski definition) is 2. The highest BCUT2D eigenvalue weighted by molar-refractivity contribution is 6.30. The summed E-state index contributed by atoms with van der Waals surface area (Å²) >= 11 is 5.97. The third kappa shape index (κ3) is 6.35. The van der Waals surface area contributed by atoms with Crippen molar-refractivity contribution in [3.8, 4) is 5.75 Å². The third-order valence-electron chi connectivity index (χ3n) is 5.09. The zero-order chi connectivity index (χ0) is 24.1. The number of carbonyl (C=O) groups is 3. The van der Waals surface area contributed by atoms with Crippen molar-refractivity contribution in [2.45, 2.75) is 46.0 Å². The van der Waals surface area contributed by atoms with Crippen molar-refractivity contribution in [3.05, 3.63) is 53.2 Å². The van der Waals surface area contributed by atoms with Crippen LogP contribution in [-0.2, 0) is 16.1 Å². The van der Waals surface area contributed by atoms with Crippen LogP contribution in [0.25, 0.3) is 0 Å². The summed E-state index contributed by atoms with van der Waals surface area (Å²) in [6, 6.07) is 9.94. The number of aromatic nitrogens is 1. The predicted octanol–water partition coefficient (Wildman–Crippen LogP) is 3.84. The highest BCUT2D eigenvalue weighted by Gasteiger charge is 2.40. The van der Waals surface area contributed by atoms with E-state index in [9.17, 15) is 19.5 Å². The van der Waals surface area contributed by atoms with Gasteiger partial charge in [-0.25, -0.2) is 9.78 Å². The average Bonchev–Trinajstić information content (AvgIpc) is 2.76. The summed E-state index contributed by atoms with van der Waals surface area (Å²) in [6.07, 6.45) is 0.881. The average molecular weight is 475 g/mol. The van der Waals surface area contributed by atoms with E-state index in [1.165, 1.54) is 11.8 Å². The number of carboxylic acid groups (broad SMARTS) is 1. The van der Waals surface area contributed by atoms with E-state index in [1.807, 2.05) is 13.8 Å². The Hall–Kier alpha value is -3.33. The number of halogens is 1. The van der Waals surface area contributed by atoms with Crippen LogP contribution in [0.3, 0.4) is 0 Å². The van der Waals surface area contributed by atoms with Gasteiger partial charge in [0, 0.05) is 18.1 Å². The number of carboxylic acids is 1. The van der Waals surface area contributed by atoms with Crippen LogP contribution in [-0.4, -0.2) is 56.6 Å². The minimum Gasteiger partial charge on any atom is -0.489 e. The molecule has 3 rings (SSSR count). The molecule has 9 nitrogen and oxygen atoms in total. The maximum atomic E-state index is 13.3. The molecule has 1 aromatic carbocycles. The summed E-state index contributed by atoms with van der Waals surface area (Å²) in [7, 11) is 0. The van der Waals surface area contributed by atoms with Gasteiger partial charge in [-0.2, -0.15) is 0 Å². The van der Waals surface area contributed by atoms with Gasteiger partial charge >= 0.3 is 12.0 Å². The molecule has 2 N–H and O–H groups in total. The molecule has 3 amide bonds. The van der Waals surface area contributed by atoms with E-state index in [0.717, 1.165) is 10.5 Å². The molecular formula is C23H27ClN4O5. The smallest absolute Gasteiger partial charge is 0.328 e. The van der Waals surface area contributed by atoms with Crippen molar-refractivity contribution in [2.24, 2.45) is 5.92 Å². The Morgan fingerprint density at radius 1 is 1.21 bits per heavy atom. The number of benzene rings is 1. The van der Waals surface area contributed by atoms with Crippen molar-refractivity contribution in [1.82, 2.24) is 14.8 Å². The topological polar surface area (TPSA) is 112 Å². The number of imide groups is 1. The van der Waals surface area contributed by atoms with E-state index < -0.39 is 30.0 Å². The van der Waals surface area contributed by atoms with Crippen LogP contribution < -0.4 is 10.1 Å². The van der Waals surface area contributed by atoms with E-state index in [2.05, 4.69) is 10.3 Å². The standard InChI is InChI=1S/C23H27ClN4O5/c1-14(2)33-18-8-9-19(25-11-18)26-20-10-21(29)28(12-15(3)22(30)31)23(32)27(20)13-16-4-6-17(24)7-5-16/h4-9,11,14-15,20H,10,12-13H2,1-3H3,(H,25,26)(H,30,31)/t15-,20?/m0/s1. The Labute approximate surface area is 197 Å². The van der Waals surface area contributed by atoms with E-state index >= 15 is 0 Å². The molecule has 1 fully saturated rings. The Morgan fingerprint density at radius 2 is 1.91 bits per heavy atom. The second kappa shape index (κ2) is 10.5. The number of urea groups is 1. The molecule has 2 heterocycles. The maximum absolute atomic E-state index is 13.3. The van der Waals surface area contributed by atoms with Gasteiger partial charge in [0.25, 0.3) is 0 Å². The maximum Gasteiger partial charge on any atom is 0.328 e. The fourth-order valence-electron chi connectivity index (χ4n) is 3.38. The molecule has 1 aliphatic rings. The van der Waals surface area contributed by atoms with Crippen LogP contribution in [0, 0.1) is 5.92 Å². The highest BCUT2D eigenvalue weighted by atomic mass is 35.5. The lowest BCUT2D eigenvalue weighted by Gasteiger charge is -2.41. The Balaban J connectivity index is 1.83. The van der Waals surface area contributed by atoms with Gasteiger partial charge in [0.05, 0.1) is 24.6 Å². The van der Waals surface area contributed by atoms with E-state index in [4.69, 9.17) is 16.3 Å². The molecule has 10 heteroatoms. The normalized spacial score (nSPS) is 17.3. The molecule has 0 radical (unpaired) electrons. The number of hydrogen-bond acceptors (Lipinski definition) is 6. The van der Waals surface area contributed by atoms with Crippen LogP contribution in [0.15, 0.2) is 42.6 Å². The van der Waals surface area contributed by atoms with Gasteiger partial charge in [0.2, 0.25) is 5.91 Å². The van der Waals surface area contributed by atoms with Crippen molar-refractivity contribution in [1.29, 1.82) is 0 Å². The molecule has 33 heavy (non-hydrogen) atoms. The summed E-state index contributed by atoms with van der Waals surface area (Å²) in [4.78, 5) is 44.2. The van der Waals surface area contributed by atoms with Crippen molar-refractivity contribution < 1.29 is 24.2 Å². The summed E-state index contributed by atoms with van der Waals surface area (Å²) in [5.74, 6) is -1.32. The first kappa shape index (κ1) is 24.3. The number of carbonyl (C=O) groups excluding carboxylic acids is 2. The molecule has 2 aromatic rings.